The Kier molecular flexibility index (Phi) is 3.46. The molecule has 1 aliphatic carbocycles. The Morgan fingerprint density at radius 3 is 2.38 bits per heavy atom. The molecule has 0 aromatic heterocycles. The van der Waals surface area contributed by atoms with Crippen LogP contribution in [0, 0.1) is 6.92 Å². The van der Waals surface area contributed by atoms with Gasteiger partial charge in [0.15, 0.2) is 0 Å². The molecule has 1 aliphatic rings. The number of methoxy groups -OCH3 is 1. The first-order valence-electron chi connectivity index (χ1n) is 8.09. The number of carbonyl (C=O) groups excluding carboxylic acids is 1. The Labute approximate surface area is 141 Å². The molecule has 3 aromatic carbocycles. The number of hydrogen-bond donors (Lipinski definition) is 0. The lowest BCUT2D eigenvalue weighted by atomic mass is 9.90. The van der Waals surface area contributed by atoms with Gasteiger partial charge in [-0.15, -0.1) is 0 Å². The van der Waals surface area contributed by atoms with E-state index in [0.717, 1.165) is 17.5 Å². The first-order chi connectivity index (χ1) is 11.7. The molecule has 0 spiro atoms. The third-order valence-corrected chi connectivity index (χ3v) is 4.80. The van der Waals surface area contributed by atoms with Crippen molar-refractivity contribution in [2.75, 3.05) is 7.11 Å². The molecule has 0 unspecified atom stereocenters. The SMILES string of the molecule is COC(=O)c1ccccc1-c1ccc(C)c2c1Cc1ccccc1-2. The molecule has 0 bridgehead atoms. The predicted octanol–water partition coefficient (Wildman–Crippen LogP) is 5.02. The van der Waals surface area contributed by atoms with Crippen LogP contribution in [-0.4, -0.2) is 13.1 Å². The topological polar surface area (TPSA) is 26.3 Å². The van der Waals surface area contributed by atoms with Crippen LogP contribution in [0.1, 0.15) is 27.0 Å². The van der Waals surface area contributed by atoms with E-state index in [1.54, 1.807) is 0 Å². The second kappa shape index (κ2) is 5.64. The van der Waals surface area contributed by atoms with Crippen LogP contribution in [0.3, 0.4) is 0 Å². The number of hydrogen-bond acceptors (Lipinski definition) is 2. The summed E-state index contributed by atoms with van der Waals surface area (Å²) in [7, 11) is 1.43. The van der Waals surface area contributed by atoms with Crippen LogP contribution in [0.5, 0.6) is 0 Å². The van der Waals surface area contributed by atoms with Crippen LogP contribution in [0.15, 0.2) is 60.7 Å². The molecule has 0 atom stereocenters. The van der Waals surface area contributed by atoms with Gasteiger partial charge in [-0.2, -0.15) is 0 Å². The maximum absolute atomic E-state index is 12.2. The van der Waals surface area contributed by atoms with Crippen LogP contribution in [0.2, 0.25) is 0 Å². The van der Waals surface area contributed by atoms with Gasteiger partial charge in [0.1, 0.15) is 0 Å². The number of benzene rings is 3. The van der Waals surface area contributed by atoms with Crippen LogP contribution in [0.25, 0.3) is 22.3 Å². The van der Waals surface area contributed by atoms with Gasteiger partial charge in [-0.25, -0.2) is 4.79 Å². The van der Waals surface area contributed by atoms with Crippen molar-refractivity contribution >= 4 is 5.97 Å². The highest BCUT2D eigenvalue weighted by Gasteiger charge is 2.24. The quantitative estimate of drug-likeness (QED) is 0.486. The number of aryl methyl sites for hydroxylation is 1. The number of ether oxygens (including phenoxy) is 1. The first-order valence-corrected chi connectivity index (χ1v) is 8.09. The van der Waals surface area contributed by atoms with Gasteiger partial charge in [-0.3, -0.25) is 0 Å². The van der Waals surface area contributed by atoms with E-state index in [9.17, 15) is 4.79 Å². The molecule has 0 radical (unpaired) electrons. The summed E-state index contributed by atoms with van der Waals surface area (Å²) in [5.41, 5.74) is 9.20. The van der Waals surface area contributed by atoms with Crippen LogP contribution in [0.4, 0.5) is 0 Å². The fourth-order valence-electron chi connectivity index (χ4n) is 3.69. The van der Waals surface area contributed by atoms with Gasteiger partial charge in [0.2, 0.25) is 0 Å². The molecule has 118 valence electrons. The van der Waals surface area contributed by atoms with Crippen LogP contribution < -0.4 is 0 Å². The van der Waals surface area contributed by atoms with Gasteiger partial charge in [-0.05, 0) is 58.4 Å². The smallest absolute Gasteiger partial charge is 0.338 e. The van der Waals surface area contributed by atoms with Crippen molar-refractivity contribution in [3.05, 3.63) is 82.9 Å². The zero-order valence-electron chi connectivity index (χ0n) is 13.8. The summed E-state index contributed by atoms with van der Waals surface area (Å²) in [5.74, 6) is -0.296. The summed E-state index contributed by atoms with van der Waals surface area (Å²) >= 11 is 0. The molecule has 0 N–H and O–H groups in total. The Balaban J connectivity index is 1.97. The molecule has 0 fully saturated rings. The van der Waals surface area contributed by atoms with E-state index >= 15 is 0 Å². The molecule has 0 amide bonds. The normalized spacial score (nSPS) is 11.8. The lowest BCUT2D eigenvalue weighted by Crippen LogP contribution is -2.04. The Bertz CT molecular complexity index is 954. The fraction of sp³-hybridized carbons (Fsp3) is 0.136. The van der Waals surface area contributed by atoms with E-state index in [1.165, 1.54) is 34.9 Å². The third-order valence-electron chi connectivity index (χ3n) is 4.80. The molecule has 0 saturated heterocycles. The van der Waals surface area contributed by atoms with Crippen molar-refractivity contribution < 1.29 is 9.53 Å². The molecule has 0 aliphatic heterocycles. The standard InChI is InChI=1S/C22H18O2/c1-14-11-12-18(17-9-5-6-10-19(17)22(23)24-2)20-13-15-7-3-4-8-16(15)21(14)20/h3-12H,13H2,1-2H3. The Morgan fingerprint density at radius 1 is 0.875 bits per heavy atom. The van der Waals surface area contributed by atoms with E-state index < -0.39 is 0 Å². The highest BCUT2D eigenvalue weighted by atomic mass is 16.5. The average Bonchev–Trinajstić information content (AvgIpc) is 3.02. The van der Waals surface area contributed by atoms with Crippen LogP contribution >= 0.6 is 0 Å². The van der Waals surface area contributed by atoms with Gasteiger partial charge in [0, 0.05) is 0 Å². The summed E-state index contributed by atoms with van der Waals surface area (Å²) in [6.07, 6.45) is 0.901. The second-order valence-electron chi connectivity index (χ2n) is 6.15. The van der Waals surface area contributed by atoms with E-state index in [2.05, 4.69) is 43.3 Å². The molecular formula is C22H18O2. The van der Waals surface area contributed by atoms with Crippen molar-refractivity contribution in [3.63, 3.8) is 0 Å². The molecule has 2 heteroatoms. The number of esters is 1. The minimum atomic E-state index is -0.296. The molecular weight excluding hydrogens is 296 g/mol. The lowest BCUT2D eigenvalue weighted by Gasteiger charge is -2.14. The Morgan fingerprint density at radius 2 is 1.58 bits per heavy atom. The molecule has 24 heavy (non-hydrogen) atoms. The molecule has 0 saturated carbocycles. The third kappa shape index (κ3) is 2.15. The molecule has 0 heterocycles. The zero-order chi connectivity index (χ0) is 16.7. The van der Waals surface area contributed by atoms with Gasteiger partial charge in [0.25, 0.3) is 0 Å². The van der Waals surface area contributed by atoms with Crippen molar-refractivity contribution in [3.8, 4) is 22.3 Å². The van der Waals surface area contributed by atoms with Crippen molar-refractivity contribution in [1.82, 2.24) is 0 Å². The number of rotatable bonds is 2. The van der Waals surface area contributed by atoms with Crippen molar-refractivity contribution in [2.24, 2.45) is 0 Å². The summed E-state index contributed by atoms with van der Waals surface area (Å²) in [5, 5.41) is 0. The van der Waals surface area contributed by atoms with E-state index in [-0.39, 0.29) is 5.97 Å². The average molecular weight is 314 g/mol. The summed E-state index contributed by atoms with van der Waals surface area (Å²) in [6, 6.07) is 20.5. The first kappa shape index (κ1) is 14.7. The highest BCUT2D eigenvalue weighted by molar-refractivity contribution is 5.99. The van der Waals surface area contributed by atoms with Gasteiger partial charge in [-0.1, -0.05) is 54.6 Å². The van der Waals surface area contributed by atoms with Crippen LogP contribution in [-0.2, 0) is 11.2 Å². The zero-order valence-corrected chi connectivity index (χ0v) is 13.8. The highest BCUT2D eigenvalue weighted by Crippen LogP contribution is 2.44. The molecule has 3 aromatic rings. The summed E-state index contributed by atoms with van der Waals surface area (Å²) in [4.78, 5) is 12.2. The van der Waals surface area contributed by atoms with E-state index in [0.29, 0.717) is 5.56 Å². The maximum Gasteiger partial charge on any atom is 0.338 e. The van der Waals surface area contributed by atoms with Crippen molar-refractivity contribution in [1.29, 1.82) is 0 Å². The van der Waals surface area contributed by atoms with E-state index in [4.69, 9.17) is 4.74 Å². The second-order valence-corrected chi connectivity index (χ2v) is 6.15. The molecule has 2 nitrogen and oxygen atoms in total. The molecule has 4 rings (SSSR count). The Hall–Kier alpha value is -2.87. The maximum atomic E-state index is 12.2. The van der Waals surface area contributed by atoms with Gasteiger partial charge >= 0.3 is 5.97 Å². The van der Waals surface area contributed by atoms with Crippen molar-refractivity contribution in [2.45, 2.75) is 13.3 Å². The monoisotopic (exact) mass is 314 g/mol. The number of carbonyl (C=O) groups is 1. The predicted molar refractivity (Wildman–Crippen MR) is 96.2 cm³/mol. The summed E-state index contributed by atoms with van der Waals surface area (Å²) in [6.45, 7) is 2.15. The lowest BCUT2D eigenvalue weighted by molar-refractivity contribution is 0.0601. The van der Waals surface area contributed by atoms with Gasteiger partial charge < -0.3 is 4.74 Å². The minimum absolute atomic E-state index is 0.296. The minimum Gasteiger partial charge on any atom is -0.465 e. The van der Waals surface area contributed by atoms with E-state index in [1.807, 2.05) is 24.3 Å². The largest absolute Gasteiger partial charge is 0.465 e. The fourth-order valence-corrected chi connectivity index (χ4v) is 3.69. The number of fused-ring (bicyclic) bond motifs is 3. The van der Waals surface area contributed by atoms with Gasteiger partial charge in [0.05, 0.1) is 12.7 Å². The summed E-state index contributed by atoms with van der Waals surface area (Å²) < 4.78 is 4.96.